The summed E-state index contributed by atoms with van der Waals surface area (Å²) >= 11 is 0. The highest BCUT2D eigenvalue weighted by Crippen LogP contribution is 2.32. The molecule has 1 heterocycles. The third-order valence-electron chi connectivity index (χ3n) is 3.97. The smallest absolute Gasteiger partial charge is 0.265 e. The van der Waals surface area contributed by atoms with Crippen molar-refractivity contribution in [2.45, 2.75) is 26.9 Å². The molecule has 24 heavy (non-hydrogen) atoms. The van der Waals surface area contributed by atoms with E-state index >= 15 is 0 Å². The van der Waals surface area contributed by atoms with Gasteiger partial charge >= 0.3 is 0 Å². The van der Waals surface area contributed by atoms with E-state index in [0.29, 0.717) is 36.1 Å². The van der Waals surface area contributed by atoms with Gasteiger partial charge < -0.3 is 19.5 Å². The maximum absolute atomic E-state index is 12.3. The Kier molecular flexibility index (Phi) is 4.60. The summed E-state index contributed by atoms with van der Waals surface area (Å²) in [5.74, 6) is 1.80. The largest absolute Gasteiger partial charge is 0.486 e. The van der Waals surface area contributed by atoms with Crippen LogP contribution in [0.15, 0.2) is 36.4 Å². The number of rotatable bonds is 4. The molecule has 0 bridgehead atoms. The van der Waals surface area contributed by atoms with Gasteiger partial charge in [0.05, 0.1) is 0 Å². The fourth-order valence-corrected chi connectivity index (χ4v) is 2.41. The molecule has 0 radical (unpaired) electrons. The van der Waals surface area contributed by atoms with Gasteiger partial charge in [-0.1, -0.05) is 6.07 Å². The first-order valence-corrected chi connectivity index (χ1v) is 7.97. The number of hydrogen-bond acceptors (Lipinski definition) is 4. The lowest BCUT2D eigenvalue weighted by atomic mass is 10.1. The third kappa shape index (κ3) is 3.62. The van der Waals surface area contributed by atoms with E-state index in [0.717, 1.165) is 5.56 Å². The van der Waals surface area contributed by atoms with Gasteiger partial charge in [0.2, 0.25) is 0 Å². The summed E-state index contributed by atoms with van der Waals surface area (Å²) in [5.41, 5.74) is 2.97. The minimum atomic E-state index is -0.611. The van der Waals surface area contributed by atoms with Crippen LogP contribution in [0.1, 0.15) is 18.1 Å². The van der Waals surface area contributed by atoms with Crippen molar-refractivity contribution in [1.82, 2.24) is 0 Å². The Morgan fingerprint density at radius 1 is 1.04 bits per heavy atom. The van der Waals surface area contributed by atoms with E-state index in [1.165, 1.54) is 5.56 Å². The van der Waals surface area contributed by atoms with Crippen molar-refractivity contribution in [2.75, 3.05) is 18.5 Å². The van der Waals surface area contributed by atoms with Crippen molar-refractivity contribution in [2.24, 2.45) is 0 Å². The molecule has 1 atom stereocenters. The Morgan fingerprint density at radius 3 is 2.54 bits per heavy atom. The number of amides is 1. The van der Waals surface area contributed by atoms with Gasteiger partial charge in [0.25, 0.3) is 5.91 Å². The molecule has 5 heteroatoms. The van der Waals surface area contributed by atoms with Crippen LogP contribution in [0.25, 0.3) is 0 Å². The Bertz CT molecular complexity index is 757. The molecule has 0 saturated heterocycles. The van der Waals surface area contributed by atoms with Crippen molar-refractivity contribution < 1.29 is 19.0 Å². The second-order valence-electron chi connectivity index (χ2n) is 5.85. The molecule has 0 aromatic heterocycles. The quantitative estimate of drug-likeness (QED) is 0.934. The number of carbonyl (C=O) groups is 1. The van der Waals surface area contributed by atoms with Crippen molar-refractivity contribution in [1.29, 1.82) is 0 Å². The van der Waals surface area contributed by atoms with Gasteiger partial charge in [0, 0.05) is 11.8 Å². The number of anilines is 1. The number of aryl methyl sites for hydroxylation is 2. The molecule has 1 aliphatic heterocycles. The average molecular weight is 327 g/mol. The molecule has 1 amide bonds. The first kappa shape index (κ1) is 16.2. The van der Waals surface area contributed by atoms with E-state index in [-0.39, 0.29) is 5.91 Å². The van der Waals surface area contributed by atoms with Gasteiger partial charge in [-0.3, -0.25) is 4.79 Å². The predicted molar refractivity (Wildman–Crippen MR) is 92.1 cm³/mol. The van der Waals surface area contributed by atoms with Gasteiger partial charge in [0.15, 0.2) is 17.6 Å². The molecular weight excluding hydrogens is 306 g/mol. The van der Waals surface area contributed by atoms with E-state index in [4.69, 9.17) is 14.2 Å². The van der Waals surface area contributed by atoms with Gasteiger partial charge in [-0.15, -0.1) is 0 Å². The monoisotopic (exact) mass is 327 g/mol. The zero-order chi connectivity index (χ0) is 17.1. The zero-order valence-electron chi connectivity index (χ0n) is 14.1. The lowest BCUT2D eigenvalue weighted by Crippen LogP contribution is -2.30. The van der Waals surface area contributed by atoms with Crippen molar-refractivity contribution in [3.63, 3.8) is 0 Å². The molecule has 126 valence electrons. The molecule has 1 N–H and O–H groups in total. The predicted octanol–water partition coefficient (Wildman–Crippen LogP) is 3.48. The first-order valence-electron chi connectivity index (χ1n) is 7.97. The molecule has 2 aromatic rings. The number of carbonyl (C=O) groups excluding carboxylic acids is 1. The van der Waals surface area contributed by atoms with Crippen LogP contribution in [0.5, 0.6) is 17.2 Å². The Balaban J connectivity index is 1.64. The van der Waals surface area contributed by atoms with Crippen LogP contribution < -0.4 is 19.5 Å². The molecule has 1 unspecified atom stereocenters. The Morgan fingerprint density at radius 2 is 1.79 bits per heavy atom. The normalized spacial score (nSPS) is 14.0. The van der Waals surface area contributed by atoms with E-state index in [1.54, 1.807) is 25.1 Å². The number of fused-ring (bicyclic) bond motifs is 1. The number of ether oxygens (including phenoxy) is 3. The van der Waals surface area contributed by atoms with Crippen molar-refractivity contribution >= 4 is 11.6 Å². The number of hydrogen-bond donors (Lipinski definition) is 1. The second-order valence-corrected chi connectivity index (χ2v) is 5.85. The summed E-state index contributed by atoms with van der Waals surface area (Å²) in [4.78, 5) is 12.3. The average Bonchev–Trinajstić information content (AvgIpc) is 2.58. The summed E-state index contributed by atoms with van der Waals surface area (Å²) in [6.07, 6.45) is -0.611. The fourth-order valence-electron chi connectivity index (χ4n) is 2.41. The standard InChI is InChI=1S/C19H21NO4/c1-12-4-6-16(10-13(12)2)24-14(3)19(21)20-15-5-7-17-18(11-15)23-9-8-22-17/h4-7,10-11,14H,8-9H2,1-3H3,(H,20,21). The van der Waals surface area contributed by atoms with E-state index < -0.39 is 6.10 Å². The summed E-state index contributed by atoms with van der Waals surface area (Å²) in [6, 6.07) is 11.1. The van der Waals surface area contributed by atoms with Crippen molar-refractivity contribution in [3.05, 3.63) is 47.5 Å². The molecule has 3 rings (SSSR count). The topological polar surface area (TPSA) is 56.8 Å². The molecule has 1 aliphatic rings. The summed E-state index contributed by atoms with van der Waals surface area (Å²) < 4.78 is 16.7. The highest BCUT2D eigenvalue weighted by molar-refractivity contribution is 5.94. The highest BCUT2D eigenvalue weighted by atomic mass is 16.6. The van der Waals surface area contributed by atoms with Gasteiger partial charge in [-0.25, -0.2) is 0 Å². The lowest BCUT2D eigenvalue weighted by molar-refractivity contribution is -0.122. The van der Waals surface area contributed by atoms with Crippen LogP contribution in [0.4, 0.5) is 5.69 Å². The molecular formula is C19H21NO4. The highest BCUT2D eigenvalue weighted by Gasteiger charge is 2.17. The van der Waals surface area contributed by atoms with Crippen LogP contribution in [0.2, 0.25) is 0 Å². The number of benzene rings is 2. The minimum absolute atomic E-state index is 0.218. The summed E-state index contributed by atoms with van der Waals surface area (Å²) in [7, 11) is 0. The SMILES string of the molecule is Cc1ccc(OC(C)C(=O)Nc2ccc3c(c2)OCCO3)cc1C. The van der Waals surface area contributed by atoms with Crippen LogP contribution in [-0.2, 0) is 4.79 Å². The Hall–Kier alpha value is -2.69. The Labute approximate surface area is 141 Å². The minimum Gasteiger partial charge on any atom is -0.486 e. The van der Waals surface area contributed by atoms with E-state index in [1.807, 2.05) is 32.0 Å². The van der Waals surface area contributed by atoms with Gasteiger partial charge in [0.1, 0.15) is 19.0 Å². The second kappa shape index (κ2) is 6.83. The third-order valence-corrected chi connectivity index (χ3v) is 3.97. The maximum Gasteiger partial charge on any atom is 0.265 e. The zero-order valence-corrected chi connectivity index (χ0v) is 14.1. The molecule has 0 aliphatic carbocycles. The molecule has 0 spiro atoms. The maximum atomic E-state index is 12.3. The summed E-state index contributed by atoms with van der Waals surface area (Å²) in [5, 5.41) is 2.84. The number of nitrogens with one attached hydrogen (secondary N) is 1. The molecule has 2 aromatic carbocycles. The van der Waals surface area contributed by atoms with E-state index in [9.17, 15) is 4.79 Å². The van der Waals surface area contributed by atoms with E-state index in [2.05, 4.69) is 5.32 Å². The van der Waals surface area contributed by atoms with Crippen LogP contribution >= 0.6 is 0 Å². The van der Waals surface area contributed by atoms with Gasteiger partial charge in [-0.05, 0) is 56.2 Å². The van der Waals surface area contributed by atoms with Gasteiger partial charge in [-0.2, -0.15) is 0 Å². The van der Waals surface area contributed by atoms with Crippen molar-refractivity contribution in [3.8, 4) is 17.2 Å². The first-order chi connectivity index (χ1) is 11.5. The fraction of sp³-hybridized carbons (Fsp3) is 0.316. The molecule has 5 nitrogen and oxygen atoms in total. The van der Waals surface area contributed by atoms with Crippen LogP contribution in [-0.4, -0.2) is 25.2 Å². The lowest BCUT2D eigenvalue weighted by Gasteiger charge is -2.20. The summed E-state index contributed by atoms with van der Waals surface area (Å²) in [6.45, 7) is 6.83. The van der Waals surface area contributed by atoms with Crippen LogP contribution in [0, 0.1) is 13.8 Å². The molecule has 0 saturated carbocycles. The van der Waals surface area contributed by atoms with Crippen LogP contribution in [0.3, 0.4) is 0 Å². The molecule has 0 fully saturated rings.